The van der Waals surface area contributed by atoms with Crippen LogP contribution in [0.15, 0.2) is 0 Å². The van der Waals surface area contributed by atoms with Crippen LogP contribution in [0.2, 0.25) is 0 Å². The normalized spacial score (nSPS) is 19.4. The highest BCUT2D eigenvalue weighted by atomic mass is 19.4. The molecule has 3 atom stereocenters. The molecule has 0 saturated carbocycles. The molecule has 190 valence electrons. The van der Waals surface area contributed by atoms with E-state index in [1.54, 1.807) is 13.8 Å². The number of rotatable bonds is 8. The van der Waals surface area contributed by atoms with Crippen LogP contribution in [-0.4, -0.2) is 84.3 Å². The highest BCUT2D eigenvalue weighted by molar-refractivity contribution is 6.01. The Morgan fingerprint density at radius 2 is 1.52 bits per heavy atom. The molecule has 0 aromatic rings. The predicted molar refractivity (Wildman–Crippen MR) is 108 cm³/mol. The second-order valence-corrected chi connectivity index (χ2v) is 8.94. The lowest BCUT2D eigenvalue weighted by molar-refractivity contribution is -0.271. The van der Waals surface area contributed by atoms with Crippen LogP contribution in [0.1, 0.15) is 40.5 Å². The highest BCUT2D eigenvalue weighted by Crippen LogP contribution is 2.39. The number of imide groups is 1. The molecule has 1 aliphatic rings. The summed E-state index contributed by atoms with van der Waals surface area (Å²) in [5, 5.41) is 4.55. The lowest BCUT2D eigenvalue weighted by Gasteiger charge is -2.36. The first-order chi connectivity index (χ1) is 14.9. The largest absolute Gasteiger partial charge is 0.461 e. The highest BCUT2D eigenvalue weighted by Gasteiger charge is 2.65. The van der Waals surface area contributed by atoms with Crippen LogP contribution in [0.25, 0.3) is 0 Å². The Bertz CT molecular complexity index is 755. The van der Waals surface area contributed by atoms with Gasteiger partial charge in [-0.3, -0.25) is 24.6 Å². The monoisotopic (exact) mass is 486 g/mol. The quantitative estimate of drug-likeness (QED) is 0.513. The lowest BCUT2D eigenvalue weighted by Crippen LogP contribution is -2.60. The smallest absolute Gasteiger partial charge is 0.331 e. The van der Waals surface area contributed by atoms with Gasteiger partial charge in [0.1, 0.15) is 6.04 Å². The minimum absolute atomic E-state index is 0.0591. The van der Waals surface area contributed by atoms with Gasteiger partial charge in [0, 0.05) is 14.1 Å². The molecule has 1 aliphatic heterocycles. The van der Waals surface area contributed by atoms with E-state index in [4.69, 9.17) is 0 Å². The lowest BCUT2D eigenvalue weighted by atomic mass is 9.93. The maximum absolute atomic E-state index is 13.8. The third-order valence-electron chi connectivity index (χ3n) is 5.40. The van der Waals surface area contributed by atoms with Crippen molar-refractivity contribution in [2.24, 2.45) is 11.8 Å². The van der Waals surface area contributed by atoms with Gasteiger partial charge in [-0.1, -0.05) is 27.7 Å². The molecule has 1 fully saturated rings. The number of hydrogen-bond donors (Lipinski definition) is 2. The van der Waals surface area contributed by atoms with Crippen molar-refractivity contribution in [3.8, 4) is 0 Å². The number of Topliss-reactive ketones (excluding diaryl/α,β-unsaturated/α-hetero) is 1. The predicted octanol–water partition coefficient (Wildman–Crippen LogP) is 2.18. The van der Waals surface area contributed by atoms with Crippen LogP contribution >= 0.6 is 0 Å². The van der Waals surface area contributed by atoms with E-state index in [1.807, 2.05) is 0 Å². The van der Waals surface area contributed by atoms with E-state index in [0.29, 0.717) is 0 Å². The molecule has 1 unspecified atom stereocenters. The number of hydrogen-bond acceptors (Lipinski definition) is 5. The number of carbonyl (C=O) groups excluding carboxylic acids is 4. The van der Waals surface area contributed by atoms with Crippen LogP contribution in [0.4, 0.5) is 26.7 Å². The molecule has 8 nitrogen and oxygen atoms in total. The summed E-state index contributed by atoms with van der Waals surface area (Å²) in [6, 6.07) is -4.83. The third-order valence-corrected chi connectivity index (χ3v) is 5.40. The molecule has 0 aromatic heterocycles. The van der Waals surface area contributed by atoms with Crippen molar-refractivity contribution in [2.45, 2.75) is 70.8 Å². The third kappa shape index (κ3) is 6.61. The van der Waals surface area contributed by atoms with Crippen LogP contribution in [0.3, 0.4) is 0 Å². The van der Waals surface area contributed by atoms with Gasteiger partial charge in [0.15, 0.2) is 0 Å². The van der Waals surface area contributed by atoms with Gasteiger partial charge in [-0.25, -0.2) is 4.79 Å². The number of urea groups is 1. The van der Waals surface area contributed by atoms with Crippen molar-refractivity contribution >= 4 is 23.6 Å². The molecule has 33 heavy (non-hydrogen) atoms. The molecule has 0 aliphatic carbocycles. The van der Waals surface area contributed by atoms with Gasteiger partial charge in [0.2, 0.25) is 17.6 Å². The molecular formula is C20H31F5N4O4. The molecule has 13 heteroatoms. The number of nitrogens with zero attached hydrogens (tertiary/aromatic N) is 2. The molecule has 2 N–H and O–H groups in total. The number of carbonyl (C=O) groups is 4. The van der Waals surface area contributed by atoms with E-state index < -0.39 is 65.7 Å². The Labute approximate surface area is 189 Å². The first kappa shape index (κ1) is 28.7. The summed E-state index contributed by atoms with van der Waals surface area (Å²) in [5.41, 5.74) is 0. The topological polar surface area (TPSA) is 98.8 Å². The Morgan fingerprint density at radius 1 is 0.970 bits per heavy atom. The maximum Gasteiger partial charge on any atom is 0.461 e. The fourth-order valence-corrected chi connectivity index (χ4v) is 3.64. The van der Waals surface area contributed by atoms with Crippen molar-refractivity contribution in [2.75, 3.05) is 20.6 Å². The molecule has 1 saturated heterocycles. The molecule has 0 spiro atoms. The van der Waals surface area contributed by atoms with Crippen molar-refractivity contribution < 1.29 is 41.1 Å². The van der Waals surface area contributed by atoms with Crippen LogP contribution in [0, 0.1) is 11.8 Å². The average Bonchev–Trinajstić information content (AvgIpc) is 3.13. The molecule has 0 radical (unpaired) electrons. The molecular weight excluding hydrogens is 455 g/mol. The standard InChI is InChI=1S/C20H31F5N4O4/c1-10(2)13(26-18(33)28(5)6)17(32)27-16(31)12-8-7-9-29(12)14(11(3)4)15(30)19(21,22)20(23,24)25/h10-14H,7-9H2,1-6H3,(H,26,33)(H,27,31,32)/t12-,13-,14?/m0/s1. The van der Waals surface area contributed by atoms with Crippen LogP contribution in [0.5, 0.6) is 0 Å². The second kappa shape index (κ2) is 10.7. The number of ketones is 1. The van der Waals surface area contributed by atoms with Gasteiger partial charge in [-0.2, -0.15) is 22.0 Å². The van der Waals surface area contributed by atoms with Gasteiger partial charge in [0.25, 0.3) is 0 Å². The van der Waals surface area contributed by atoms with Gasteiger partial charge in [0.05, 0.1) is 12.1 Å². The summed E-state index contributed by atoms with van der Waals surface area (Å²) < 4.78 is 66.0. The summed E-state index contributed by atoms with van der Waals surface area (Å²) in [7, 11) is 2.90. The van der Waals surface area contributed by atoms with Crippen LogP contribution < -0.4 is 10.6 Å². The molecule has 1 heterocycles. The number of likely N-dealkylation sites (tertiary alicyclic amines) is 1. The number of alkyl halides is 5. The molecule has 1 rings (SSSR count). The maximum atomic E-state index is 13.8. The fraction of sp³-hybridized carbons (Fsp3) is 0.800. The van der Waals surface area contributed by atoms with Crippen molar-refractivity contribution in [3.63, 3.8) is 0 Å². The Balaban J connectivity index is 3.10. The van der Waals surface area contributed by atoms with E-state index in [1.165, 1.54) is 32.8 Å². The first-order valence-electron chi connectivity index (χ1n) is 10.5. The van der Waals surface area contributed by atoms with Crippen molar-refractivity contribution in [1.82, 2.24) is 20.4 Å². The van der Waals surface area contributed by atoms with E-state index >= 15 is 0 Å². The Morgan fingerprint density at radius 3 is 1.94 bits per heavy atom. The van der Waals surface area contributed by atoms with E-state index in [2.05, 4.69) is 10.6 Å². The first-order valence-corrected chi connectivity index (χ1v) is 10.5. The zero-order valence-electron chi connectivity index (χ0n) is 19.4. The Hall–Kier alpha value is -2.31. The summed E-state index contributed by atoms with van der Waals surface area (Å²) in [6.45, 7) is 5.79. The van der Waals surface area contributed by atoms with E-state index in [9.17, 15) is 41.1 Å². The molecule has 4 amide bonds. The summed E-state index contributed by atoms with van der Waals surface area (Å²) in [4.78, 5) is 51.8. The summed E-state index contributed by atoms with van der Waals surface area (Å²) in [5.74, 6) is -11.1. The summed E-state index contributed by atoms with van der Waals surface area (Å²) in [6.07, 6.45) is -5.76. The SMILES string of the molecule is CC(C)C(C(=O)C(F)(F)C(F)(F)F)N1CCC[C@H]1C(=O)NC(=O)[C@@H](NC(=O)N(C)C)C(C)C. The second-order valence-electron chi connectivity index (χ2n) is 8.94. The molecule has 0 bridgehead atoms. The van der Waals surface area contributed by atoms with Crippen molar-refractivity contribution in [3.05, 3.63) is 0 Å². The van der Waals surface area contributed by atoms with Gasteiger partial charge < -0.3 is 10.2 Å². The van der Waals surface area contributed by atoms with Gasteiger partial charge in [-0.15, -0.1) is 0 Å². The zero-order chi connectivity index (χ0) is 25.9. The minimum Gasteiger partial charge on any atom is -0.331 e. The van der Waals surface area contributed by atoms with Gasteiger partial charge in [-0.05, 0) is 31.2 Å². The van der Waals surface area contributed by atoms with E-state index in [-0.39, 0.29) is 19.4 Å². The van der Waals surface area contributed by atoms with Crippen molar-refractivity contribution in [1.29, 1.82) is 0 Å². The van der Waals surface area contributed by atoms with E-state index in [0.717, 1.165) is 4.90 Å². The minimum atomic E-state index is -6.07. The summed E-state index contributed by atoms with van der Waals surface area (Å²) >= 11 is 0. The zero-order valence-corrected chi connectivity index (χ0v) is 19.4. The van der Waals surface area contributed by atoms with Gasteiger partial charge >= 0.3 is 18.1 Å². The average molecular weight is 486 g/mol. The molecule has 0 aromatic carbocycles. The van der Waals surface area contributed by atoms with Crippen LogP contribution in [-0.2, 0) is 14.4 Å². The number of nitrogens with one attached hydrogen (secondary N) is 2. The number of amides is 4. The fourth-order valence-electron chi connectivity index (χ4n) is 3.64. The Kier molecular flexibility index (Phi) is 9.35. The number of halogens is 5.